The molecular formula is C21H26N10O13P2. The molecule has 3 aliphatic rings. The number of hydrogen-bond donors (Lipinski definition) is 6. The van der Waals surface area contributed by atoms with Crippen molar-refractivity contribution in [2.45, 2.75) is 49.1 Å². The van der Waals surface area contributed by atoms with E-state index in [1.165, 1.54) is 22.6 Å². The van der Waals surface area contributed by atoms with E-state index in [2.05, 4.69) is 29.9 Å². The van der Waals surface area contributed by atoms with Crippen LogP contribution < -0.4 is 17.0 Å². The normalized spacial score (nSPS) is 37.1. The van der Waals surface area contributed by atoms with Crippen molar-refractivity contribution in [3.63, 3.8) is 0 Å². The van der Waals surface area contributed by atoms with E-state index in [0.717, 1.165) is 12.7 Å². The molecule has 0 aromatic carbocycles. The number of nitrogens with one attached hydrogen (secondary N) is 1. The topological polar surface area (TPSA) is 319 Å². The Morgan fingerprint density at radius 1 is 0.913 bits per heavy atom. The molecule has 0 aliphatic carbocycles. The minimum atomic E-state index is -5.05. The SMILES string of the molecule is COC1C2OP(=O)(O)OCC3O[C@@H](n4cnc5c(N)ncnc54)C(O)C3OP(=O)(O)OC[C@H]1O[C@H]2n1cnc2c(=O)[nH]c(N)nc21. The predicted octanol–water partition coefficient (Wildman–Crippen LogP) is -1.69. The smallest absolute Gasteiger partial charge is 0.386 e. The Kier molecular flexibility index (Phi) is 7.70. The summed E-state index contributed by atoms with van der Waals surface area (Å²) in [7, 11) is -8.83. The molecule has 3 aliphatic heterocycles. The number of anilines is 2. The Labute approximate surface area is 255 Å². The van der Waals surface area contributed by atoms with Gasteiger partial charge in [0, 0.05) is 7.11 Å². The number of H-pyrrole nitrogens is 1. The van der Waals surface area contributed by atoms with Crippen LogP contribution in [0.2, 0.25) is 0 Å². The number of nitrogen functional groups attached to an aromatic ring is 2. The predicted molar refractivity (Wildman–Crippen MR) is 148 cm³/mol. The molecule has 25 heteroatoms. The third-order valence-electron chi connectivity index (χ3n) is 7.57. The zero-order chi connectivity index (χ0) is 32.5. The molecule has 3 saturated heterocycles. The largest absolute Gasteiger partial charge is 0.472 e. The first kappa shape index (κ1) is 31.2. The van der Waals surface area contributed by atoms with Crippen LogP contribution in [0.4, 0.5) is 11.8 Å². The summed E-state index contributed by atoms with van der Waals surface area (Å²) in [5.74, 6) is -0.204. The van der Waals surface area contributed by atoms with Crippen molar-refractivity contribution in [3.05, 3.63) is 29.3 Å². The molecule has 4 aromatic heterocycles. The fourth-order valence-electron chi connectivity index (χ4n) is 5.57. The molecular weight excluding hydrogens is 662 g/mol. The van der Waals surface area contributed by atoms with E-state index in [9.17, 15) is 28.8 Å². The number of ether oxygens (including phenoxy) is 3. The lowest BCUT2D eigenvalue weighted by Crippen LogP contribution is -2.37. The summed E-state index contributed by atoms with van der Waals surface area (Å²) < 4.78 is 67.7. The second-order valence-electron chi connectivity index (χ2n) is 10.3. The van der Waals surface area contributed by atoms with Crippen LogP contribution in [0.1, 0.15) is 12.5 Å². The summed E-state index contributed by atoms with van der Waals surface area (Å²) in [6, 6.07) is 0. The summed E-state index contributed by atoms with van der Waals surface area (Å²) in [6.45, 7) is -1.47. The van der Waals surface area contributed by atoms with Gasteiger partial charge in [0.2, 0.25) is 5.95 Å². The van der Waals surface area contributed by atoms with Gasteiger partial charge in [0.25, 0.3) is 5.56 Å². The molecule has 23 nitrogen and oxygen atoms in total. The molecule has 7 heterocycles. The molecule has 7 unspecified atom stereocenters. The molecule has 7 rings (SSSR count). The highest BCUT2D eigenvalue weighted by Crippen LogP contribution is 2.54. The van der Waals surface area contributed by atoms with Crippen molar-refractivity contribution in [3.8, 4) is 0 Å². The Morgan fingerprint density at radius 2 is 1.54 bits per heavy atom. The quantitative estimate of drug-likeness (QED) is 0.131. The molecule has 3 fully saturated rings. The molecule has 2 bridgehead atoms. The van der Waals surface area contributed by atoms with Crippen LogP contribution in [0.3, 0.4) is 0 Å². The fourth-order valence-corrected chi connectivity index (χ4v) is 7.46. The van der Waals surface area contributed by atoms with Crippen molar-refractivity contribution in [2.75, 3.05) is 31.8 Å². The lowest BCUT2D eigenvalue weighted by molar-refractivity contribution is -0.0673. The van der Waals surface area contributed by atoms with Gasteiger partial charge in [-0.15, -0.1) is 0 Å². The zero-order valence-corrected chi connectivity index (χ0v) is 25.2. The maximum atomic E-state index is 13.4. The number of hydrogen-bond acceptors (Lipinski definition) is 18. The minimum absolute atomic E-state index is 0.0456. The van der Waals surface area contributed by atoms with Gasteiger partial charge in [-0.3, -0.25) is 37.0 Å². The molecule has 0 radical (unpaired) electrons. The summed E-state index contributed by atoms with van der Waals surface area (Å²) in [5.41, 5.74) is 11.0. The van der Waals surface area contributed by atoms with Gasteiger partial charge < -0.3 is 40.6 Å². The zero-order valence-electron chi connectivity index (χ0n) is 23.4. The maximum absolute atomic E-state index is 13.4. The monoisotopic (exact) mass is 688 g/mol. The highest BCUT2D eigenvalue weighted by Gasteiger charge is 2.54. The third-order valence-corrected chi connectivity index (χ3v) is 9.54. The van der Waals surface area contributed by atoms with Gasteiger partial charge in [-0.2, -0.15) is 4.98 Å². The molecule has 4 aromatic rings. The van der Waals surface area contributed by atoms with Gasteiger partial charge >= 0.3 is 15.6 Å². The van der Waals surface area contributed by atoms with Crippen LogP contribution in [-0.4, -0.2) is 111 Å². The molecule has 46 heavy (non-hydrogen) atoms. The number of phosphoric ester groups is 2. The maximum Gasteiger partial charge on any atom is 0.472 e. The first-order valence-electron chi connectivity index (χ1n) is 13.3. The number of phosphoric acid groups is 2. The number of imidazole rings is 2. The van der Waals surface area contributed by atoms with Crippen molar-refractivity contribution < 1.29 is 56.3 Å². The molecule has 0 saturated carbocycles. The Balaban J connectivity index is 1.22. The van der Waals surface area contributed by atoms with Crippen LogP contribution in [0.5, 0.6) is 0 Å². The van der Waals surface area contributed by atoms with E-state index in [4.69, 9.17) is 43.8 Å². The number of aromatic nitrogens is 8. The number of aromatic amines is 1. The Morgan fingerprint density at radius 3 is 2.26 bits per heavy atom. The number of rotatable bonds is 3. The Bertz CT molecular complexity index is 1950. The third kappa shape index (κ3) is 5.39. The van der Waals surface area contributed by atoms with E-state index in [0.29, 0.717) is 0 Å². The number of aliphatic hydroxyl groups excluding tert-OH is 1. The van der Waals surface area contributed by atoms with Gasteiger partial charge in [-0.1, -0.05) is 0 Å². The van der Waals surface area contributed by atoms with Gasteiger partial charge in [0.1, 0.15) is 48.5 Å². The standard InChI is InChI=1S/C21H26N10O13P2/c1-38-13-8-3-40-45(34,35)43-12-7(41-19(11(12)32)30-5-26-9-15(22)24-4-25-16(9)30)2-39-46(36,37)44-14(13)20(42-8)31-6-27-10-17(31)28-21(23)29-18(10)33/h4-8,11-14,19-20,32H,2-3H2,1H3,(H,34,35)(H,36,37)(H2,22,24,25)(H3,23,28,29,33)/t7?,8-,11?,12?,13?,14?,19-,20-/m1/s1. The van der Waals surface area contributed by atoms with Crippen LogP contribution >= 0.6 is 15.6 Å². The van der Waals surface area contributed by atoms with E-state index in [1.807, 2.05) is 0 Å². The van der Waals surface area contributed by atoms with Gasteiger partial charge in [0.05, 0.1) is 25.9 Å². The summed E-state index contributed by atoms with van der Waals surface area (Å²) in [6.07, 6.45) is -7.85. The second kappa shape index (κ2) is 11.4. The second-order valence-corrected chi connectivity index (χ2v) is 13.2. The molecule has 248 valence electrons. The van der Waals surface area contributed by atoms with E-state index in [1.54, 1.807) is 0 Å². The minimum Gasteiger partial charge on any atom is -0.386 e. The van der Waals surface area contributed by atoms with Crippen LogP contribution in [-0.2, 0) is 41.4 Å². The lowest BCUT2D eigenvalue weighted by atomic mass is 10.1. The highest BCUT2D eigenvalue weighted by atomic mass is 31.2. The van der Waals surface area contributed by atoms with Gasteiger partial charge in [-0.25, -0.2) is 29.1 Å². The van der Waals surface area contributed by atoms with Crippen LogP contribution in [0.25, 0.3) is 22.3 Å². The van der Waals surface area contributed by atoms with Crippen molar-refractivity contribution in [1.82, 2.24) is 39.0 Å². The van der Waals surface area contributed by atoms with E-state index < -0.39 is 83.5 Å². The van der Waals surface area contributed by atoms with E-state index in [-0.39, 0.29) is 34.1 Å². The summed E-state index contributed by atoms with van der Waals surface area (Å²) in [4.78, 5) is 56.3. The molecule has 0 spiro atoms. The van der Waals surface area contributed by atoms with Crippen molar-refractivity contribution >= 4 is 49.7 Å². The van der Waals surface area contributed by atoms with E-state index >= 15 is 0 Å². The molecule has 8 N–H and O–H groups in total. The highest BCUT2D eigenvalue weighted by molar-refractivity contribution is 7.47. The average Bonchev–Trinajstić information content (AvgIpc) is 3.75. The van der Waals surface area contributed by atoms with Gasteiger partial charge in [0.15, 0.2) is 35.1 Å². The molecule has 0 amide bonds. The number of nitrogens with two attached hydrogens (primary N) is 2. The number of aliphatic hydroxyl groups is 1. The first-order valence-corrected chi connectivity index (χ1v) is 16.3. The fraction of sp³-hybridized carbons (Fsp3) is 0.524. The van der Waals surface area contributed by atoms with Crippen LogP contribution in [0.15, 0.2) is 23.8 Å². The average molecular weight is 688 g/mol. The summed E-state index contributed by atoms with van der Waals surface area (Å²) in [5, 5.41) is 11.2. The Hall–Kier alpha value is -3.44. The number of methoxy groups -OCH3 is 1. The summed E-state index contributed by atoms with van der Waals surface area (Å²) >= 11 is 0. The lowest BCUT2D eigenvalue weighted by Gasteiger charge is -2.26. The first-order chi connectivity index (χ1) is 21.9. The number of nitrogens with zero attached hydrogens (tertiary/aromatic N) is 7. The molecule has 10 atom stereocenters. The van der Waals surface area contributed by atoms with Crippen LogP contribution in [0, 0.1) is 0 Å². The van der Waals surface area contributed by atoms with Crippen molar-refractivity contribution in [1.29, 1.82) is 0 Å². The van der Waals surface area contributed by atoms with Crippen molar-refractivity contribution in [2.24, 2.45) is 0 Å². The van der Waals surface area contributed by atoms with Gasteiger partial charge in [-0.05, 0) is 0 Å². The number of fused-ring (bicyclic) bond motifs is 5.